The van der Waals surface area contributed by atoms with E-state index in [2.05, 4.69) is 45.7 Å². The van der Waals surface area contributed by atoms with E-state index in [-0.39, 0.29) is 6.09 Å². The summed E-state index contributed by atoms with van der Waals surface area (Å²) in [6.45, 7) is 9.19. The SMILES string of the molecule is Cc1cccc2c1c(Br)nn2C1CCN(C(=O)OC(C)(C)C)CC1. The molecule has 24 heavy (non-hydrogen) atoms. The number of aromatic nitrogens is 2. The van der Waals surface area contributed by atoms with E-state index in [1.165, 1.54) is 10.9 Å². The number of hydrogen-bond acceptors (Lipinski definition) is 3. The molecule has 1 fully saturated rings. The second-order valence-corrected chi connectivity index (χ2v) is 8.15. The Hall–Kier alpha value is -1.56. The topological polar surface area (TPSA) is 47.4 Å². The molecule has 3 rings (SSSR count). The highest BCUT2D eigenvalue weighted by Crippen LogP contribution is 2.32. The van der Waals surface area contributed by atoms with Crippen molar-refractivity contribution in [1.29, 1.82) is 0 Å². The Kier molecular flexibility index (Phi) is 4.60. The van der Waals surface area contributed by atoms with Gasteiger partial charge in [-0.25, -0.2) is 4.79 Å². The summed E-state index contributed by atoms with van der Waals surface area (Å²) in [4.78, 5) is 14.0. The molecule has 2 aromatic rings. The number of ether oxygens (including phenoxy) is 1. The first-order valence-corrected chi connectivity index (χ1v) is 9.17. The summed E-state index contributed by atoms with van der Waals surface area (Å²) in [6.07, 6.45) is 1.55. The minimum absolute atomic E-state index is 0.219. The van der Waals surface area contributed by atoms with Gasteiger partial charge < -0.3 is 9.64 Å². The van der Waals surface area contributed by atoms with Crippen molar-refractivity contribution in [3.05, 3.63) is 28.4 Å². The summed E-state index contributed by atoms with van der Waals surface area (Å²) < 4.78 is 8.47. The van der Waals surface area contributed by atoms with E-state index in [9.17, 15) is 4.79 Å². The number of halogens is 1. The summed E-state index contributed by atoms with van der Waals surface area (Å²) in [5, 5.41) is 5.88. The molecule has 1 aliphatic heterocycles. The maximum atomic E-state index is 12.2. The molecule has 0 aliphatic carbocycles. The number of hydrogen-bond donors (Lipinski definition) is 0. The number of piperidine rings is 1. The molecule has 6 heteroatoms. The lowest BCUT2D eigenvalue weighted by Gasteiger charge is -2.33. The van der Waals surface area contributed by atoms with Crippen LogP contribution in [0.15, 0.2) is 22.8 Å². The van der Waals surface area contributed by atoms with Gasteiger partial charge in [-0.05, 0) is 68.1 Å². The van der Waals surface area contributed by atoms with E-state index in [1.54, 1.807) is 4.90 Å². The third kappa shape index (κ3) is 3.43. The summed E-state index contributed by atoms with van der Waals surface area (Å²) in [7, 11) is 0. The molecule has 1 saturated heterocycles. The molecule has 1 aromatic heterocycles. The van der Waals surface area contributed by atoms with Crippen molar-refractivity contribution in [2.24, 2.45) is 0 Å². The van der Waals surface area contributed by atoms with Crippen molar-refractivity contribution < 1.29 is 9.53 Å². The van der Waals surface area contributed by atoms with E-state index < -0.39 is 5.60 Å². The van der Waals surface area contributed by atoms with Crippen LogP contribution in [0.3, 0.4) is 0 Å². The monoisotopic (exact) mass is 393 g/mol. The predicted octanol–water partition coefficient (Wildman–Crippen LogP) is 4.68. The summed E-state index contributed by atoms with van der Waals surface area (Å²) in [5.41, 5.74) is 1.92. The molecule has 1 aromatic carbocycles. The lowest BCUT2D eigenvalue weighted by molar-refractivity contribution is 0.0186. The van der Waals surface area contributed by atoms with Gasteiger partial charge >= 0.3 is 6.09 Å². The third-order valence-corrected chi connectivity index (χ3v) is 4.92. The molecule has 0 atom stereocenters. The van der Waals surface area contributed by atoms with Crippen molar-refractivity contribution in [2.75, 3.05) is 13.1 Å². The number of likely N-dealkylation sites (tertiary alicyclic amines) is 1. The van der Waals surface area contributed by atoms with Crippen molar-refractivity contribution in [3.8, 4) is 0 Å². The van der Waals surface area contributed by atoms with Gasteiger partial charge in [0.25, 0.3) is 0 Å². The summed E-state index contributed by atoms with van der Waals surface area (Å²) >= 11 is 3.59. The summed E-state index contributed by atoms with van der Waals surface area (Å²) in [6, 6.07) is 6.59. The minimum Gasteiger partial charge on any atom is -0.444 e. The second kappa shape index (κ2) is 6.39. The predicted molar refractivity (Wildman–Crippen MR) is 98.2 cm³/mol. The first-order chi connectivity index (χ1) is 11.3. The fraction of sp³-hybridized carbons (Fsp3) is 0.556. The highest BCUT2D eigenvalue weighted by atomic mass is 79.9. The van der Waals surface area contributed by atoms with E-state index in [0.717, 1.165) is 23.0 Å². The van der Waals surface area contributed by atoms with Crippen molar-refractivity contribution in [1.82, 2.24) is 14.7 Å². The van der Waals surface area contributed by atoms with E-state index >= 15 is 0 Å². The molecule has 0 radical (unpaired) electrons. The van der Waals surface area contributed by atoms with E-state index in [4.69, 9.17) is 9.84 Å². The number of aryl methyl sites for hydroxylation is 1. The zero-order valence-corrected chi connectivity index (χ0v) is 16.3. The van der Waals surface area contributed by atoms with Crippen molar-refractivity contribution in [2.45, 2.75) is 52.2 Å². The maximum Gasteiger partial charge on any atom is 0.410 e. The minimum atomic E-state index is -0.450. The van der Waals surface area contributed by atoms with Crippen LogP contribution >= 0.6 is 15.9 Å². The second-order valence-electron chi connectivity index (χ2n) is 7.40. The Morgan fingerprint density at radius 3 is 2.58 bits per heavy atom. The van der Waals surface area contributed by atoms with Gasteiger partial charge in [-0.15, -0.1) is 0 Å². The molecule has 0 spiro atoms. The number of benzene rings is 1. The van der Waals surface area contributed by atoms with Crippen LogP contribution in [0.1, 0.15) is 45.2 Å². The van der Waals surface area contributed by atoms with Crippen LogP contribution in [0.2, 0.25) is 0 Å². The number of nitrogens with zero attached hydrogens (tertiary/aromatic N) is 3. The number of fused-ring (bicyclic) bond motifs is 1. The number of amides is 1. The van der Waals surface area contributed by atoms with Gasteiger partial charge in [0.15, 0.2) is 0 Å². The first-order valence-electron chi connectivity index (χ1n) is 8.37. The fourth-order valence-corrected chi connectivity index (χ4v) is 3.89. The Labute approximate surface area is 151 Å². The van der Waals surface area contributed by atoms with Gasteiger partial charge in [0, 0.05) is 18.5 Å². The molecule has 0 bridgehead atoms. The van der Waals surface area contributed by atoms with Crippen LogP contribution in [0.5, 0.6) is 0 Å². The highest BCUT2D eigenvalue weighted by molar-refractivity contribution is 9.10. The molecular formula is C18H24BrN3O2. The molecule has 1 aliphatic rings. The van der Waals surface area contributed by atoms with Gasteiger partial charge in [-0.1, -0.05) is 12.1 Å². The van der Waals surface area contributed by atoms with E-state index in [0.29, 0.717) is 19.1 Å². The average molecular weight is 394 g/mol. The smallest absolute Gasteiger partial charge is 0.410 e. The van der Waals surface area contributed by atoms with Gasteiger partial charge in [0.1, 0.15) is 10.2 Å². The summed E-state index contributed by atoms with van der Waals surface area (Å²) in [5.74, 6) is 0. The molecular weight excluding hydrogens is 370 g/mol. The van der Waals surface area contributed by atoms with E-state index in [1.807, 2.05) is 20.8 Å². The Morgan fingerprint density at radius 1 is 1.29 bits per heavy atom. The van der Waals surface area contributed by atoms with Crippen LogP contribution in [0.25, 0.3) is 10.9 Å². The third-order valence-electron chi connectivity index (χ3n) is 4.36. The number of rotatable bonds is 1. The van der Waals surface area contributed by atoms with Crippen LogP contribution in [0.4, 0.5) is 4.79 Å². The number of carbonyl (C=O) groups is 1. The van der Waals surface area contributed by atoms with Gasteiger partial charge in [-0.3, -0.25) is 4.68 Å². The molecule has 2 heterocycles. The normalized spacial score (nSPS) is 16.6. The quantitative estimate of drug-likeness (QED) is 0.706. The molecule has 1 amide bonds. The van der Waals surface area contributed by atoms with Gasteiger partial charge in [0.05, 0.1) is 11.6 Å². The maximum absolute atomic E-state index is 12.2. The Balaban J connectivity index is 1.74. The fourth-order valence-electron chi connectivity index (χ4n) is 3.21. The van der Waals surface area contributed by atoms with Crippen LogP contribution < -0.4 is 0 Å². The molecule has 5 nitrogen and oxygen atoms in total. The molecule has 0 unspecified atom stereocenters. The largest absolute Gasteiger partial charge is 0.444 e. The zero-order chi connectivity index (χ0) is 17.5. The highest BCUT2D eigenvalue weighted by Gasteiger charge is 2.28. The Morgan fingerprint density at radius 2 is 1.96 bits per heavy atom. The van der Waals surface area contributed by atoms with Crippen LogP contribution in [-0.4, -0.2) is 39.5 Å². The van der Waals surface area contributed by atoms with Gasteiger partial charge in [0.2, 0.25) is 0 Å². The average Bonchev–Trinajstić information content (AvgIpc) is 2.84. The zero-order valence-electron chi connectivity index (χ0n) is 14.7. The lowest BCUT2D eigenvalue weighted by atomic mass is 10.0. The molecule has 0 N–H and O–H groups in total. The van der Waals surface area contributed by atoms with Crippen molar-refractivity contribution in [3.63, 3.8) is 0 Å². The molecule has 0 saturated carbocycles. The number of carbonyl (C=O) groups excluding carboxylic acids is 1. The van der Waals surface area contributed by atoms with Crippen LogP contribution in [0, 0.1) is 6.92 Å². The van der Waals surface area contributed by atoms with Crippen molar-refractivity contribution >= 4 is 32.9 Å². The van der Waals surface area contributed by atoms with Gasteiger partial charge in [-0.2, -0.15) is 5.10 Å². The standard InChI is InChI=1S/C18H24BrN3O2/c1-12-6-5-7-14-15(12)16(19)20-22(14)13-8-10-21(11-9-13)17(23)24-18(2,3)4/h5-7,13H,8-11H2,1-4H3. The van der Waals surface area contributed by atoms with Crippen LogP contribution in [-0.2, 0) is 4.74 Å². The molecule has 130 valence electrons. The lowest BCUT2D eigenvalue weighted by Crippen LogP contribution is -2.42. The Bertz CT molecular complexity index is 755. The first kappa shape index (κ1) is 17.3.